The molecule has 0 amide bonds. The fourth-order valence-corrected chi connectivity index (χ4v) is 2.33. The molecule has 0 aromatic carbocycles. The van der Waals surface area contributed by atoms with Gasteiger partial charge in [0, 0.05) is 13.1 Å². The summed E-state index contributed by atoms with van der Waals surface area (Å²) in [4.78, 5) is 25.4. The molecule has 7 nitrogen and oxygen atoms in total. The summed E-state index contributed by atoms with van der Waals surface area (Å²) in [6.07, 6.45) is 0. The zero-order valence-corrected chi connectivity index (χ0v) is 11.5. The van der Waals surface area contributed by atoms with E-state index < -0.39 is 0 Å². The highest BCUT2D eigenvalue weighted by molar-refractivity contribution is 5.80. The van der Waals surface area contributed by atoms with E-state index in [-0.39, 0.29) is 5.56 Å². The molecule has 3 rings (SSSR count). The average Bonchev–Trinajstić information content (AvgIpc) is 2.46. The van der Waals surface area contributed by atoms with E-state index in [4.69, 9.17) is 9.47 Å². The van der Waals surface area contributed by atoms with Crippen molar-refractivity contribution in [1.82, 2.24) is 15.0 Å². The molecule has 2 aromatic heterocycles. The van der Waals surface area contributed by atoms with Crippen LogP contribution in [0.25, 0.3) is 11.0 Å². The first kappa shape index (κ1) is 12.9. The minimum atomic E-state index is -0.183. The molecule has 20 heavy (non-hydrogen) atoms. The fourth-order valence-electron chi connectivity index (χ4n) is 2.33. The maximum atomic E-state index is 12.0. The van der Waals surface area contributed by atoms with Crippen molar-refractivity contribution in [2.24, 2.45) is 0 Å². The Kier molecular flexibility index (Phi) is 3.27. The van der Waals surface area contributed by atoms with Gasteiger partial charge >= 0.3 is 0 Å². The van der Waals surface area contributed by atoms with Crippen LogP contribution in [0.3, 0.4) is 0 Å². The van der Waals surface area contributed by atoms with E-state index in [0.717, 1.165) is 18.8 Å². The first-order chi connectivity index (χ1) is 9.69. The van der Waals surface area contributed by atoms with E-state index in [2.05, 4.69) is 19.9 Å². The molecule has 0 bridgehead atoms. The molecule has 1 saturated heterocycles. The third-order valence-corrected chi connectivity index (χ3v) is 3.31. The molecule has 1 fully saturated rings. The van der Waals surface area contributed by atoms with Crippen LogP contribution < -0.4 is 15.2 Å². The Labute approximate surface area is 115 Å². The number of H-pyrrole nitrogens is 1. The lowest BCUT2D eigenvalue weighted by molar-refractivity contribution is 0.122. The molecule has 1 aliphatic rings. The fraction of sp³-hybridized carbons (Fsp3) is 0.462. The molecule has 0 saturated carbocycles. The second-order valence-corrected chi connectivity index (χ2v) is 4.64. The highest BCUT2D eigenvalue weighted by Gasteiger charge is 2.19. The van der Waals surface area contributed by atoms with Crippen molar-refractivity contribution in [3.63, 3.8) is 0 Å². The third kappa shape index (κ3) is 2.20. The van der Waals surface area contributed by atoms with Crippen molar-refractivity contribution in [2.75, 3.05) is 38.3 Å². The van der Waals surface area contributed by atoms with Crippen LogP contribution >= 0.6 is 0 Å². The number of aromatic nitrogens is 3. The summed E-state index contributed by atoms with van der Waals surface area (Å²) in [5.41, 5.74) is 1.02. The summed E-state index contributed by atoms with van der Waals surface area (Å²) >= 11 is 0. The molecular formula is C13H16N4O3. The lowest BCUT2D eigenvalue weighted by Crippen LogP contribution is -2.36. The molecule has 0 aliphatic carbocycles. The van der Waals surface area contributed by atoms with E-state index in [0.29, 0.717) is 36.0 Å². The second kappa shape index (κ2) is 5.09. The number of ether oxygens (including phenoxy) is 2. The van der Waals surface area contributed by atoms with Crippen LogP contribution in [0.15, 0.2) is 10.9 Å². The van der Waals surface area contributed by atoms with Crippen LogP contribution in [0.2, 0.25) is 0 Å². The van der Waals surface area contributed by atoms with Crippen LogP contribution in [-0.4, -0.2) is 48.4 Å². The predicted octanol–water partition coefficient (Wildman–Crippen LogP) is 0.472. The smallest absolute Gasteiger partial charge is 0.260 e. The van der Waals surface area contributed by atoms with E-state index in [1.807, 2.05) is 0 Å². The summed E-state index contributed by atoms with van der Waals surface area (Å²) in [5, 5.41) is 0.470. The number of hydrogen-bond donors (Lipinski definition) is 1. The van der Waals surface area contributed by atoms with E-state index >= 15 is 0 Å². The summed E-state index contributed by atoms with van der Waals surface area (Å²) in [5.74, 6) is 1.02. The lowest BCUT2D eigenvalue weighted by atomic mass is 10.2. The van der Waals surface area contributed by atoms with Crippen molar-refractivity contribution in [1.29, 1.82) is 0 Å². The van der Waals surface area contributed by atoms with Gasteiger partial charge in [0.25, 0.3) is 5.56 Å². The number of aryl methyl sites for hydroxylation is 1. The second-order valence-electron chi connectivity index (χ2n) is 4.64. The van der Waals surface area contributed by atoms with Gasteiger partial charge in [-0.3, -0.25) is 4.79 Å². The van der Waals surface area contributed by atoms with Crippen LogP contribution in [0.4, 0.5) is 5.69 Å². The quantitative estimate of drug-likeness (QED) is 0.859. The molecule has 2 aromatic rings. The highest BCUT2D eigenvalue weighted by atomic mass is 16.5. The summed E-state index contributed by atoms with van der Waals surface area (Å²) in [7, 11) is 1.57. The van der Waals surface area contributed by atoms with Crippen LogP contribution in [-0.2, 0) is 4.74 Å². The summed E-state index contributed by atoms with van der Waals surface area (Å²) in [6, 6.07) is 1.79. The van der Waals surface area contributed by atoms with Crippen molar-refractivity contribution in [2.45, 2.75) is 6.92 Å². The standard InChI is InChI=1S/C13H16N4O3/c1-8-14-11-9(12(18)15-8)7-10(13(16-11)19-2)17-3-5-20-6-4-17/h7H,3-6H2,1-2H3,(H,14,15,16,18). The molecule has 3 heterocycles. The Bertz CT molecular complexity index is 692. The Morgan fingerprint density at radius 2 is 2.10 bits per heavy atom. The van der Waals surface area contributed by atoms with Gasteiger partial charge in [-0.05, 0) is 13.0 Å². The molecular weight excluding hydrogens is 260 g/mol. The number of methoxy groups -OCH3 is 1. The van der Waals surface area contributed by atoms with E-state index in [1.165, 1.54) is 0 Å². The van der Waals surface area contributed by atoms with Gasteiger partial charge in [-0.25, -0.2) is 4.98 Å². The van der Waals surface area contributed by atoms with Gasteiger partial charge < -0.3 is 19.4 Å². The topological polar surface area (TPSA) is 80.3 Å². The molecule has 1 aliphatic heterocycles. The van der Waals surface area contributed by atoms with Crippen molar-refractivity contribution in [3.8, 4) is 5.88 Å². The largest absolute Gasteiger partial charge is 0.479 e. The summed E-state index contributed by atoms with van der Waals surface area (Å²) in [6.45, 7) is 4.54. The summed E-state index contributed by atoms with van der Waals surface area (Å²) < 4.78 is 10.7. The van der Waals surface area contributed by atoms with Crippen LogP contribution in [0, 0.1) is 6.92 Å². The predicted molar refractivity (Wildman–Crippen MR) is 74.5 cm³/mol. The first-order valence-electron chi connectivity index (χ1n) is 6.47. The first-order valence-corrected chi connectivity index (χ1v) is 6.47. The van der Waals surface area contributed by atoms with Crippen molar-refractivity contribution >= 4 is 16.7 Å². The molecule has 106 valence electrons. The molecule has 0 unspecified atom stereocenters. The number of aromatic amines is 1. The number of anilines is 1. The number of nitrogens with zero attached hydrogens (tertiary/aromatic N) is 3. The van der Waals surface area contributed by atoms with Gasteiger partial charge in [0.05, 0.1) is 25.7 Å². The Morgan fingerprint density at radius 1 is 1.35 bits per heavy atom. The average molecular weight is 276 g/mol. The van der Waals surface area contributed by atoms with Crippen molar-refractivity contribution < 1.29 is 9.47 Å². The maximum absolute atomic E-state index is 12.0. The van der Waals surface area contributed by atoms with Gasteiger partial charge in [-0.15, -0.1) is 0 Å². The molecule has 0 spiro atoms. The molecule has 0 atom stereocenters. The Balaban J connectivity index is 2.17. The number of fused-ring (bicyclic) bond motifs is 1. The molecule has 1 N–H and O–H groups in total. The van der Waals surface area contributed by atoms with Crippen LogP contribution in [0.5, 0.6) is 5.88 Å². The number of rotatable bonds is 2. The maximum Gasteiger partial charge on any atom is 0.260 e. The monoisotopic (exact) mass is 276 g/mol. The SMILES string of the molecule is COc1nc2nc(C)[nH]c(=O)c2cc1N1CCOCC1. The molecule has 0 radical (unpaired) electrons. The third-order valence-electron chi connectivity index (χ3n) is 3.31. The zero-order valence-electron chi connectivity index (χ0n) is 11.5. The van der Waals surface area contributed by atoms with Crippen molar-refractivity contribution in [3.05, 3.63) is 22.2 Å². The minimum absolute atomic E-state index is 0.183. The van der Waals surface area contributed by atoms with Gasteiger partial charge in [0.1, 0.15) is 11.5 Å². The highest BCUT2D eigenvalue weighted by Crippen LogP contribution is 2.28. The number of morpholine rings is 1. The normalized spacial score (nSPS) is 15.6. The zero-order chi connectivity index (χ0) is 14.1. The van der Waals surface area contributed by atoms with E-state index in [9.17, 15) is 4.79 Å². The number of hydrogen-bond acceptors (Lipinski definition) is 6. The lowest BCUT2D eigenvalue weighted by Gasteiger charge is -2.29. The Morgan fingerprint density at radius 3 is 2.80 bits per heavy atom. The number of pyridine rings is 1. The minimum Gasteiger partial charge on any atom is -0.479 e. The van der Waals surface area contributed by atoms with Gasteiger partial charge in [0.15, 0.2) is 5.65 Å². The van der Waals surface area contributed by atoms with Gasteiger partial charge in [-0.1, -0.05) is 0 Å². The van der Waals surface area contributed by atoms with Gasteiger partial charge in [-0.2, -0.15) is 4.98 Å². The Hall–Kier alpha value is -2.15. The van der Waals surface area contributed by atoms with Crippen LogP contribution in [0.1, 0.15) is 5.82 Å². The van der Waals surface area contributed by atoms with E-state index in [1.54, 1.807) is 20.1 Å². The number of nitrogens with one attached hydrogen (secondary N) is 1. The molecule has 7 heteroatoms. The van der Waals surface area contributed by atoms with Gasteiger partial charge in [0.2, 0.25) is 5.88 Å².